The molecule has 0 bridgehead atoms. The topological polar surface area (TPSA) is 39.1 Å². The van der Waals surface area contributed by atoms with Gasteiger partial charge in [0, 0.05) is 19.3 Å². The average molecular weight is 225 g/mol. The molecule has 0 aliphatic carbocycles. The molecule has 0 atom stereocenters. The largest absolute Gasteiger partial charge is 0.380 e. The molecule has 1 N–H and O–H groups in total. The fourth-order valence-electron chi connectivity index (χ4n) is 1.46. The minimum atomic E-state index is 0.751. The maximum atomic E-state index is 5.53. The standard InChI is InChI=1S/C12H23N3O/c1-3-5-9-16-10-8-15-12(6-7-14-15)11-13-4-2/h6-7,13H,3-5,8-11H2,1-2H3. The minimum absolute atomic E-state index is 0.751. The molecule has 0 fully saturated rings. The summed E-state index contributed by atoms with van der Waals surface area (Å²) >= 11 is 0. The maximum absolute atomic E-state index is 5.53. The summed E-state index contributed by atoms with van der Waals surface area (Å²) in [7, 11) is 0. The Morgan fingerprint density at radius 3 is 3.00 bits per heavy atom. The van der Waals surface area contributed by atoms with Gasteiger partial charge in [-0.05, 0) is 19.0 Å². The summed E-state index contributed by atoms with van der Waals surface area (Å²) in [5, 5.41) is 7.58. The Kier molecular flexibility index (Phi) is 6.85. The van der Waals surface area contributed by atoms with Crippen molar-refractivity contribution in [1.29, 1.82) is 0 Å². The Balaban J connectivity index is 2.22. The van der Waals surface area contributed by atoms with Crippen LogP contribution in [0.1, 0.15) is 32.4 Å². The first-order chi connectivity index (χ1) is 7.88. The molecule has 0 amide bonds. The zero-order chi connectivity index (χ0) is 11.6. The smallest absolute Gasteiger partial charge is 0.0662 e. The Morgan fingerprint density at radius 2 is 2.25 bits per heavy atom. The number of ether oxygens (including phenoxy) is 1. The van der Waals surface area contributed by atoms with Crippen molar-refractivity contribution in [2.45, 2.75) is 39.8 Å². The first-order valence-corrected chi connectivity index (χ1v) is 6.17. The van der Waals surface area contributed by atoms with Crippen molar-refractivity contribution in [1.82, 2.24) is 15.1 Å². The lowest BCUT2D eigenvalue weighted by Crippen LogP contribution is -2.17. The van der Waals surface area contributed by atoms with Crippen LogP contribution in [0, 0.1) is 0 Å². The SMILES string of the molecule is CCCCOCCn1nccc1CNCC. The lowest BCUT2D eigenvalue weighted by atomic mass is 10.4. The van der Waals surface area contributed by atoms with Gasteiger partial charge in [0.2, 0.25) is 0 Å². The van der Waals surface area contributed by atoms with Crippen LogP contribution in [0.2, 0.25) is 0 Å². The van der Waals surface area contributed by atoms with Gasteiger partial charge in [-0.3, -0.25) is 4.68 Å². The van der Waals surface area contributed by atoms with Gasteiger partial charge in [0.05, 0.1) is 18.8 Å². The van der Waals surface area contributed by atoms with E-state index in [2.05, 4.69) is 30.3 Å². The van der Waals surface area contributed by atoms with Crippen LogP contribution in [-0.4, -0.2) is 29.5 Å². The van der Waals surface area contributed by atoms with E-state index in [1.165, 1.54) is 12.1 Å². The Labute approximate surface area is 98.0 Å². The monoisotopic (exact) mass is 225 g/mol. The number of nitrogens with zero attached hydrogens (tertiary/aromatic N) is 2. The van der Waals surface area contributed by atoms with E-state index >= 15 is 0 Å². The third-order valence-electron chi connectivity index (χ3n) is 2.45. The molecule has 1 heterocycles. The Morgan fingerprint density at radius 1 is 1.38 bits per heavy atom. The summed E-state index contributed by atoms with van der Waals surface area (Å²) in [5.74, 6) is 0. The van der Waals surface area contributed by atoms with Crippen molar-refractivity contribution < 1.29 is 4.74 Å². The molecule has 0 aromatic carbocycles. The predicted molar refractivity (Wildman–Crippen MR) is 65.3 cm³/mol. The summed E-state index contributed by atoms with van der Waals surface area (Å²) in [5.41, 5.74) is 1.22. The van der Waals surface area contributed by atoms with E-state index in [4.69, 9.17) is 4.74 Å². The molecule has 0 aliphatic heterocycles. The summed E-state index contributed by atoms with van der Waals surface area (Å²) in [6.07, 6.45) is 4.18. The Hall–Kier alpha value is -0.870. The number of unbranched alkanes of at least 4 members (excludes halogenated alkanes) is 1. The van der Waals surface area contributed by atoms with Gasteiger partial charge in [0.25, 0.3) is 0 Å². The lowest BCUT2D eigenvalue weighted by molar-refractivity contribution is 0.120. The second-order valence-electron chi connectivity index (χ2n) is 3.79. The van der Waals surface area contributed by atoms with E-state index in [9.17, 15) is 0 Å². The van der Waals surface area contributed by atoms with E-state index in [1.807, 2.05) is 10.9 Å². The number of hydrogen-bond acceptors (Lipinski definition) is 3. The van der Waals surface area contributed by atoms with E-state index < -0.39 is 0 Å². The normalized spacial score (nSPS) is 10.9. The van der Waals surface area contributed by atoms with Gasteiger partial charge in [-0.15, -0.1) is 0 Å². The zero-order valence-corrected chi connectivity index (χ0v) is 10.4. The second kappa shape index (κ2) is 8.30. The van der Waals surface area contributed by atoms with E-state index in [1.54, 1.807) is 0 Å². The molecular formula is C12H23N3O. The van der Waals surface area contributed by atoms with Crippen LogP contribution in [0.15, 0.2) is 12.3 Å². The van der Waals surface area contributed by atoms with Gasteiger partial charge in [-0.2, -0.15) is 5.10 Å². The second-order valence-corrected chi connectivity index (χ2v) is 3.79. The van der Waals surface area contributed by atoms with Gasteiger partial charge in [-0.25, -0.2) is 0 Å². The molecular weight excluding hydrogens is 202 g/mol. The van der Waals surface area contributed by atoms with Crippen LogP contribution in [0.5, 0.6) is 0 Å². The van der Waals surface area contributed by atoms with Crippen molar-refractivity contribution >= 4 is 0 Å². The molecule has 0 unspecified atom stereocenters. The molecule has 92 valence electrons. The molecule has 1 aromatic rings. The predicted octanol–water partition coefficient (Wildman–Crippen LogP) is 1.81. The molecule has 0 spiro atoms. The molecule has 0 radical (unpaired) electrons. The summed E-state index contributed by atoms with van der Waals surface area (Å²) in [6.45, 7) is 8.60. The molecule has 0 saturated heterocycles. The van der Waals surface area contributed by atoms with Crippen LogP contribution < -0.4 is 5.32 Å². The molecule has 1 rings (SSSR count). The molecule has 16 heavy (non-hydrogen) atoms. The van der Waals surface area contributed by atoms with Crippen LogP contribution in [0.4, 0.5) is 0 Å². The number of aromatic nitrogens is 2. The summed E-state index contributed by atoms with van der Waals surface area (Å²) < 4.78 is 7.53. The molecule has 0 saturated carbocycles. The van der Waals surface area contributed by atoms with Gasteiger partial charge < -0.3 is 10.1 Å². The van der Waals surface area contributed by atoms with Crippen molar-refractivity contribution in [3.8, 4) is 0 Å². The first kappa shape index (κ1) is 13.2. The molecule has 4 nitrogen and oxygen atoms in total. The van der Waals surface area contributed by atoms with Crippen molar-refractivity contribution in [2.24, 2.45) is 0 Å². The third kappa shape index (κ3) is 4.77. The quantitative estimate of drug-likeness (QED) is 0.651. The van der Waals surface area contributed by atoms with E-state index in [-0.39, 0.29) is 0 Å². The number of nitrogens with one attached hydrogen (secondary N) is 1. The van der Waals surface area contributed by atoms with Crippen molar-refractivity contribution in [3.63, 3.8) is 0 Å². The summed E-state index contributed by atoms with van der Waals surface area (Å²) in [4.78, 5) is 0. The zero-order valence-electron chi connectivity index (χ0n) is 10.4. The highest BCUT2D eigenvalue weighted by Crippen LogP contribution is 1.98. The average Bonchev–Trinajstić information content (AvgIpc) is 2.74. The molecule has 0 aliphatic rings. The summed E-state index contributed by atoms with van der Waals surface area (Å²) in [6, 6.07) is 2.05. The van der Waals surface area contributed by atoms with Gasteiger partial charge >= 0.3 is 0 Å². The highest BCUT2D eigenvalue weighted by atomic mass is 16.5. The molecule has 1 aromatic heterocycles. The molecule has 4 heteroatoms. The highest BCUT2D eigenvalue weighted by molar-refractivity contribution is 4.99. The van der Waals surface area contributed by atoms with Gasteiger partial charge in [-0.1, -0.05) is 20.3 Å². The van der Waals surface area contributed by atoms with Gasteiger partial charge in [0.15, 0.2) is 0 Å². The van der Waals surface area contributed by atoms with Crippen LogP contribution in [0.25, 0.3) is 0 Å². The van der Waals surface area contributed by atoms with Crippen LogP contribution in [0.3, 0.4) is 0 Å². The van der Waals surface area contributed by atoms with Crippen molar-refractivity contribution in [3.05, 3.63) is 18.0 Å². The van der Waals surface area contributed by atoms with E-state index in [0.717, 1.165) is 39.3 Å². The van der Waals surface area contributed by atoms with Gasteiger partial charge in [0.1, 0.15) is 0 Å². The lowest BCUT2D eigenvalue weighted by Gasteiger charge is -2.08. The fourth-order valence-corrected chi connectivity index (χ4v) is 1.46. The van der Waals surface area contributed by atoms with Crippen molar-refractivity contribution in [2.75, 3.05) is 19.8 Å². The minimum Gasteiger partial charge on any atom is -0.380 e. The van der Waals surface area contributed by atoms with Crippen LogP contribution in [-0.2, 0) is 17.8 Å². The third-order valence-corrected chi connectivity index (χ3v) is 2.45. The number of hydrogen-bond donors (Lipinski definition) is 1. The highest BCUT2D eigenvalue weighted by Gasteiger charge is 2.00. The number of rotatable bonds is 9. The first-order valence-electron chi connectivity index (χ1n) is 6.17. The van der Waals surface area contributed by atoms with E-state index in [0.29, 0.717) is 0 Å². The van der Waals surface area contributed by atoms with Crippen LogP contribution >= 0.6 is 0 Å². The fraction of sp³-hybridized carbons (Fsp3) is 0.750. The maximum Gasteiger partial charge on any atom is 0.0662 e. The Bertz CT molecular complexity index is 273.